The number of nitrogens with zero attached hydrogens (tertiary/aromatic N) is 2. The summed E-state index contributed by atoms with van der Waals surface area (Å²) >= 11 is 19.6. The van der Waals surface area contributed by atoms with E-state index in [9.17, 15) is 14.4 Å². The molecule has 3 aromatic rings. The fourth-order valence-corrected chi connectivity index (χ4v) is 5.70. The van der Waals surface area contributed by atoms with Gasteiger partial charge in [0.05, 0.1) is 33.5 Å². The van der Waals surface area contributed by atoms with Gasteiger partial charge in [-0.3, -0.25) is 9.69 Å². The molecule has 3 aromatic carbocycles. The predicted molar refractivity (Wildman–Crippen MR) is 137 cm³/mol. The number of rotatable bonds is 7. The monoisotopic (exact) mass is 530 g/mol. The zero-order valence-corrected chi connectivity index (χ0v) is 20.8. The number of ether oxygens (including phenoxy) is 1. The molecule has 0 aromatic heterocycles. The third-order valence-corrected chi connectivity index (χ3v) is 7.39. The summed E-state index contributed by atoms with van der Waals surface area (Å²) in [6.45, 7) is 0.437. The Morgan fingerprint density at radius 1 is 1.09 bits per heavy atom. The van der Waals surface area contributed by atoms with Gasteiger partial charge in [-0.1, -0.05) is 77.5 Å². The summed E-state index contributed by atoms with van der Waals surface area (Å²) in [6.07, 6.45) is 0.389. The van der Waals surface area contributed by atoms with E-state index >= 15 is 0 Å². The first-order valence-electron chi connectivity index (χ1n) is 10.2. The molecule has 1 fully saturated rings. The summed E-state index contributed by atoms with van der Waals surface area (Å²) in [5.41, 5.74) is 2.81. The minimum absolute atomic E-state index is 0.111. The first kappa shape index (κ1) is 24.5. The van der Waals surface area contributed by atoms with Crippen molar-refractivity contribution in [2.45, 2.75) is 24.8 Å². The van der Waals surface area contributed by atoms with Gasteiger partial charge in [-0.05, 0) is 47.9 Å². The summed E-state index contributed by atoms with van der Waals surface area (Å²) in [6, 6.07) is 18.7. The van der Waals surface area contributed by atoms with E-state index in [1.807, 2.05) is 6.07 Å². The van der Waals surface area contributed by atoms with E-state index in [4.69, 9.17) is 40.2 Å². The minimum atomic E-state index is -0.408. The average Bonchev–Trinajstić information content (AvgIpc) is 3.07. The van der Waals surface area contributed by atoms with Crippen molar-refractivity contribution in [3.63, 3.8) is 0 Å². The van der Waals surface area contributed by atoms with E-state index in [0.717, 1.165) is 16.7 Å². The molecule has 0 spiro atoms. The first-order valence-corrected chi connectivity index (χ1v) is 12.2. The molecule has 0 aliphatic carbocycles. The highest BCUT2D eigenvalue weighted by atomic mass is 35.5. The molecule has 0 N–H and O–H groups in total. The maximum absolute atomic E-state index is 13.2. The molecule has 0 saturated carbocycles. The third-order valence-electron chi connectivity index (χ3n) is 5.25. The fraction of sp³-hybridized carbons (Fsp3) is 0.160. The molecule has 1 heterocycles. The van der Waals surface area contributed by atoms with Gasteiger partial charge in [0.25, 0.3) is 0 Å². The zero-order chi connectivity index (χ0) is 24.2. The van der Waals surface area contributed by atoms with Crippen LogP contribution < -0.4 is 4.74 Å². The van der Waals surface area contributed by atoms with Crippen LogP contribution in [-0.4, -0.2) is 20.4 Å². The van der Waals surface area contributed by atoms with Crippen LogP contribution in [0.15, 0.2) is 60.7 Å². The zero-order valence-electron chi connectivity index (χ0n) is 17.6. The smallest absolute Gasteiger partial charge is 0.242 e. The van der Waals surface area contributed by atoms with Crippen molar-refractivity contribution in [2.24, 2.45) is 0 Å². The topological polar surface area (TPSA) is 53.3 Å². The van der Waals surface area contributed by atoms with Crippen LogP contribution in [-0.2, 0) is 24.4 Å². The highest BCUT2D eigenvalue weighted by Crippen LogP contribution is 2.37. The van der Waals surface area contributed by atoms with E-state index in [2.05, 4.69) is 6.07 Å². The van der Waals surface area contributed by atoms with Gasteiger partial charge < -0.3 is 4.74 Å². The molecule has 1 amide bonds. The summed E-state index contributed by atoms with van der Waals surface area (Å²) in [5.74, 6) is -0.125. The fourth-order valence-electron chi connectivity index (χ4n) is 3.53. The molecule has 34 heavy (non-hydrogen) atoms. The molecule has 0 bridgehead atoms. The van der Waals surface area contributed by atoms with Crippen LogP contribution in [0, 0.1) is 17.1 Å². The number of nitriles is 1. The molecule has 1 aliphatic rings. The molecule has 4 nitrogen and oxygen atoms in total. The second-order valence-corrected chi connectivity index (χ2v) is 10.2. The first-order chi connectivity index (χ1) is 16.4. The number of carbonyl (C=O) groups is 1. The van der Waals surface area contributed by atoms with Crippen molar-refractivity contribution >= 4 is 57.4 Å². The lowest BCUT2D eigenvalue weighted by atomic mass is 10.1. The Kier molecular flexibility index (Phi) is 7.74. The number of hydrogen-bond acceptors (Lipinski definition) is 5. The van der Waals surface area contributed by atoms with Gasteiger partial charge in [-0.2, -0.15) is 5.26 Å². The molecule has 0 radical (unpaired) electrons. The van der Waals surface area contributed by atoms with Crippen LogP contribution in [0.5, 0.6) is 5.75 Å². The Hall–Kier alpha value is -2.63. The van der Waals surface area contributed by atoms with Crippen molar-refractivity contribution in [1.82, 2.24) is 4.90 Å². The highest BCUT2D eigenvalue weighted by molar-refractivity contribution is 8.24. The highest BCUT2D eigenvalue weighted by Gasteiger charge is 2.37. The molecular formula is C25H17Cl2FN2O2S2. The molecule has 1 atom stereocenters. The van der Waals surface area contributed by atoms with Crippen molar-refractivity contribution < 1.29 is 13.9 Å². The lowest BCUT2D eigenvalue weighted by molar-refractivity contribution is -0.126. The molecule has 4 rings (SSSR count). The maximum atomic E-state index is 13.2. The van der Waals surface area contributed by atoms with Gasteiger partial charge in [0.1, 0.15) is 16.7 Å². The molecule has 172 valence electrons. The van der Waals surface area contributed by atoms with Gasteiger partial charge in [-0.15, -0.1) is 0 Å². The van der Waals surface area contributed by atoms with Gasteiger partial charge in [0.15, 0.2) is 5.75 Å². The number of thiocarbonyl (C=S) groups is 1. The number of benzene rings is 3. The predicted octanol–water partition coefficient (Wildman–Crippen LogP) is 6.55. The van der Waals surface area contributed by atoms with Crippen LogP contribution >= 0.6 is 47.2 Å². The average molecular weight is 531 g/mol. The quantitative estimate of drug-likeness (QED) is 0.324. The van der Waals surface area contributed by atoms with Crippen LogP contribution in [0.3, 0.4) is 0 Å². The Morgan fingerprint density at radius 3 is 2.44 bits per heavy atom. The van der Waals surface area contributed by atoms with E-state index in [0.29, 0.717) is 38.6 Å². The van der Waals surface area contributed by atoms with Crippen molar-refractivity contribution in [2.75, 3.05) is 0 Å². The second kappa shape index (κ2) is 10.7. The minimum Gasteiger partial charge on any atom is -0.486 e. The van der Waals surface area contributed by atoms with Crippen molar-refractivity contribution in [1.29, 1.82) is 5.26 Å². The van der Waals surface area contributed by atoms with Crippen LogP contribution in [0.25, 0.3) is 0 Å². The SMILES string of the molecule is N#Cc1ccccc1COc1c(Cl)cc(C[C@H]2SC(=S)N(Cc3ccc(F)cc3)C2=O)cc1Cl. The largest absolute Gasteiger partial charge is 0.486 e. The summed E-state index contributed by atoms with van der Waals surface area (Å²) in [4.78, 5) is 14.5. The molecule has 9 heteroatoms. The lowest BCUT2D eigenvalue weighted by Crippen LogP contribution is -2.31. The molecule has 1 saturated heterocycles. The number of thioether (sulfide) groups is 1. The van der Waals surface area contributed by atoms with Crippen molar-refractivity contribution in [3.8, 4) is 11.8 Å². The Morgan fingerprint density at radius 2 is 1.76 bits per heavy atom. The number of hydrogen-bond donors (Lipinski definition) is 0. The molecular weight excluding hydrogens is 514 g/mol. The third kappa shape index (κ3) is 5.53. The van der Waals surface area contributed by atoms with E-state index < -0.39 is 5.25 Å². The normalized spacial score (nSPS) is 15.5. The summed E-state index contributed by atoms with van der Waals surface area (Å²) in [5, 5.41) is 9.46. The van der Waals surface area contributed by atoms with Crippen LogP contribution in [0.1, 0.15) is 22.3 Å². The Balaban J connectivity index is 1.44. The maximum Gasteiger partial charge on any atom is 0.242 e. The number of carbonyl (C=O) groups excluding carboxylic acids is 1. The van der Waals surface area contributed by atoms with Gasteiger partial charge in [-0.25, -0.2) is 4.39 Å². The van der Waals surface area contributed by atoms with Crippen LogP contribution in [0.2, 0.25) is 10.0 Å². The van der Waals surface area contributed by atoms with Crippen LogP contribution in [0.4, 0.5) is 4.39 Å². The van der Waals surface area contributed by atoms with E-state index in [1.54, 1.807) is 42.5 Å². The van der Waals surface area contributed by atoms with Gasteiger partial charge in [0.2, 0.25) is 5.91 Å². The van der Waals surface area contributed by atoms with E-state index in [-0.39, 0.29) is 18.3 Å². The lowest BCUT2D eigenvalue weighted by Gasteiger charge is -2.16. The number of halogens is 3. The second-order valence-electron chi connectivity index (χ2n) is 7.57. The van der Waals surface area contributed by atoms with Gasteiger partial charge >= 0.3 is 0 Å². The van der Waals surface area contributed by atoms with Gasteiger partial charge in [0, 0.05) is 5.56 Å². The Bertz CT molecular complexity index is 1270. The van der Waals surface area contributed by atoms with Crippen molar-refractivity contribution in [3.05, 3.63) is 98.8 Å². The van der Waals surface area contributed by atoms with E-state index in [1.165, 1.54) is 28.8 Å². The standard InChI is InChI=1S/C25H17Cl2FN2O2S2/c26-20-9-16(10-21(27)23(20)32-14-18-4-2-1-3-17(18)12-29)11-22-24(31)30(25(33)34-22)13-15-5-7-19(28)8-6-15/h1-10,22H,11,13-14H2/t22-/m1/s1. The number of amides is 1. The summed E-state index contributed by atoms with van der Waals surface area (Å²) < 4.78 is 19.5. The summed E-state index contributed by atoms with van der Waals surface area (Å²) in [7, 11) is 0. The molecule has 0 unspecified atom stereocenters. The Labute approximate surface area is 216 Å². The molecule has 1 aliphatic heterocycles.